The Morgan fingerprint density at radius 1 is 1.15 bits per heavy atom. The van der Waals surface area contributed by atoms with E-state index in [0.29, 0.717) is 29.6 Å². The summed E-state index contributed by atoms with van der Waals surface area (Å²) in [5.74, 6) is 1.27. The number of carbonyl (C=O) groups excluding carboxylic acids is 1. The highest BCUT2D eigenvalue weighted by molar-refractivity contribution is 6.10. The van der Waals surface area contributed by atoms with Gasteiger partial charge in [0.25, 0.3) is 5.91 Å². The van der Waals surface area contributed by atoms with Crippen LogP contribution in [0.3, 0.4) is 0 Å². The normalized spacial score (nSPS) is 12.7. The van der Waals surface area contributed by atoms with E-state index in [9.17, 15) is 4.79 Å². The third kappa shape index (κ3) is 5.16. The van der Waals surface area contributed by atoms with Gasteiger partial charge in [-0.2, -0.15) is 5.10 Å². The van der Waals surface area contributed by atoms with Gasteiger partial charge >= 0.3 is 0 Å². The number of aromatic nitrogens is 2. The van der Waals surface area contributed by atoms with E-state index in [1.54, 1.807) is 18.2 Å². The Morgan fingerprint density at radius 2 is 1.97 bits per heavy atom. The van der Waals surface area contributed by atoms with Crippen LogP contribution in [0.1, 0.15) is 46.1 Å². The zero-order valence-corrected chi connectivity index (χ0v) is 19.4. The van der Waals surface area contributed by atoms with Crippen LogP contribution in [0.5, 0.6) is 11.5 Å². The number of aryl methyl sites for hydroxylation is 3. The van der Waals surface area contributed by atoms with Crippen molar-refractivity contribution < 1.29 is 14.3 Å². The Labute approximate surface area is 193 Å². The lowest BCUT2D eigenvalue weighted by atomic mass is 10.1. The second-order valence-corrected chi connectivity index (χ2v) is 8.06. The largest absolute Gasteiger partial charge is 0.454 e. The summed E-state index contributed by atoms with van der Waals surface area (Å²) in [4.78, 5) is 17.7. The number of nitrogens with one attached hydrogen (secondary N) is 2. The molecule has 0 spiro atoms. The molecule has 172 valence electrons. The van der Waals surface area contributed by atoms with E-state index in [2.05, 4.69) is 22.7 Å². The Morgan fingerprint density at radius 3 is 2.79 bits per heavy atom. The van der Waals surface area contributed by atoms with Gasteiger partial charge in [-0.3, -0.25) is 14.8 Å². The molecule has 1 amide bonds. The molecule has 2 aromatic carbocycles. The average Bonchev–Trinajstić information content (AvgIpc) is 3.40. The number of nitrogens with zero attached hydrogens (tertiary/aromatic N) is 3. The van der Waals surface area contributed by atoms with Crippen molar-refractivity contribution in [3.8, 4) is 11.5 Å². The number of carbonyl (C=O) groups is 1. The fourth-order valence-electron chi connectivity index (χ4n) is 3.56. The Bertz CT molecular complexity index is 1200. The molecule has 0 unspecified atom stereocenters. The van der Waals surface area contributed by atoms with Gasteiger partial charge in [0, 0.05) is 29.6 Å². The van der Waals surface area contributed by atoms with Crippen LogP contribution in [0.15, 0.2) is 47.6 Å². The number of rotatable bonds is 6. The Balaban J connectivity index is 1.58. The van der Waals surface area contributed by atoms with Crippen molar-refractivity contribution in [2.24, 2.45) is 4.99 Å². The molecule has 0 atom stereocenters. The zero-order valence-electron chi connectivity index (χ0n) is 19.4. The van der Waals surface area contributed by atoms with E-state index >= 15 is 0 Å². The number of guanidine groups is 1. The minimum Gasteiger partial charge on any atom is -0.454 e. The molecule has 0 aliphatic carbocycles. The predicted molar refractivity (Wildman–Crippen MR) is 128 cm³/mol. The number of benzene rings is 2. The molecular formula is C25H29N5O3. The summed E-state index contributed by atoms with van der Waals surface area (Å²) in [7, 11) is 0. The quantitative estimate of drug-likeness (QED) is 0.433. The van der Waals surface area contributed by atoms with Crippen molar-refractivity contribution in [3.05, 3.63) is 70.5 Å². The van der Waals surface area contributed by atoms with Crippen LogP contribution in [-0.2, 0) is 13.1 Å². The summed E-state index contributed by atoms with van der Waals surface area (Å²) in [6, 6.07) is 11.1. The number of ether oxygens (including phenoxy) is 2. The topological polar surface area (TPSA) is 89.8 Å². The highest BCUT2D eigenvalue weighted by atomic mass is 16.7. The van der Waals surface area contributed by atoms with E-state index in [-0.39, 0.29) is 12.7 Å². The standard InChI is InChI=1S/C25H29N5O3/c1-5-11-30-14-20(18(4)29-30)13-26-25(27-21-8-6-7-16(2)17(21)3)28-24(31)19-9-10-22-23(12-19)33-15-32-22/h6-10,12,14H,5,11,13,15H2,1-4H3,(H2,26,27,28,31). The minimum atomic E-state index is -0.289. The van der Waals surface area contributed by atoms with Crippen LogP contribution < -0.4 is 20.1 Å². The monoisotopic (exact) mass is 447 g/mol. The number of anilines is 1. The smallest absolute Gasteiger partial charge is 0.258 e. The molecule has 0 bridgehead atoms. The van der Waals surface area contributed by atoms with Gasteiger partial charge in [0.1, 0.15) is 0 Å². The molecule has 0 radical (unpaired) electrons. The first-order chi connectivity index (χ1) is 15.9. The first-order valence-corrected chi connectivity index (χ1v) is 11.1. The van der Waals surface area contributed by atoms with E-state index in [4.69, 9.17) is 14.5 Å². The summed E-state index contributed by atoms with van der Waals surface area (Å²) < 4.78 is 12.7. The molecule has 33 heavy (non-hydrogen) atoms. The lowest BCUT2D eigenvalue weighted by Crippen LogP contribution is -2.36. The molecule has 3 aromatic rings. The van der Waals surface area contributed by atoms with Crippen LogP contribution >= 0.6 is 0 Å². The van der Waals surface area contributed by atoms with Gasteiger partial charge in [0.15, 0.2) is 11.5 Å². The average molecular weight is 448 g/mol. The van der Waals surface area contributed by atoms with Crippen molar-refractivity contribution >= 4 is 17.6 Å². The molecule has 2 heterocycles. The number of hydrogen-bond acceptors (Lipinski definition) is 5. The second kappa shape index (κ2) is 9.77. The van der Waals surface area contributed by atoms with Gasteiger partial charge in [-0.15, -0.1) is 0 Å². The van der Waals surface area contributed by atoms with Crippen molar-refractivity contribution in [2.75, 3.05) is 12.1 Å². The van der Waals surface area contributed by atoms with Crippen molar-refractivity contribution in [1.82, 2.24) is 15.1 Å². The maximum atomic E-state index is 13.0. The maximum absolute atomic E-state index is 13.0. The van der Waals surface area contributed by atoms with Crippen LogP contribution in [0.2, 0.25) is 0 Å². The number of amides is 1. The zero-order chi connectivity index (χ0) is 23.4. The summed E-state index contributed by atoms with van der Waals surface area (Å²) in [5.41, 5.74) is 5.54. The minimum absolute atomic E-state index is 0.159. The third-order valence-corrected chi connectivity index (χ3v) is 5.63. The van der Waals surface area contributed by atoms with Crippen molar-refractivity contribution in [3.63, 3.8) is 0 Å². The Hall–Kier alpha value is -3.81. The summed E-state index contributed by atoms with van der Waals surface area (Å²) >= 11 is 0. The fraction of sp³-hybridized carbons (Fsp3) is 0.320. The highest BCUT2D eigenvalue weighted by Gasteiger charge is 2.18. The van der Waals surface area contributed by atoms with Crippen LogP contribution in [0, 0.1) is 20.8 Å². The summed E-state index contributed by atoms with van der Waals surface area (Å²) in [5, 5.41) is 10.8. The lowest BCUT2D eigenvalue weighted by Gasteiger charge is -2.15. The van der Waals surface area contributed by atoms with Gasteiger partial charge in [-0.05, 0) is 62.6 Å². The van der Waals surface area contributed by atoms with Gasteiger partial charge < -0.3 is 14.8 Å². The summed E-state index contributed by atoms with van der Waals surface area (Å²) in [6.07, 6.45) is 3.02. The Kier molecular flexibility index (Phi) is 6.63. The molecule has 2 N–H and O–H groups in total. The molecule has 8 nitrogen and oxygen atoms in total. The van der Waals surface area contributed by atoms with E-state index in [0.717, 1.165) is 41.0 Å². The van der Waals surface area contributed by atoms with E-state index < -0.39 is 0 Å². The van der Waals surface area contributed by atoms with Crippen LogP contribution in [0.4, 0.5) is 5.69 Å². The maximum Gasteiger partial charge on any atom is 0.258 e. The highest BCUT2D eigenvalue weighted by Crippen LogP contribution is 2.32. The first kappa shape index (κ1) is 22.4. The van der Waals surface area contributed by atoms with E-state index in [1.165, 1.54) is 0 Å². The van der Waals surface area contributed by atoms with Gasteiger partial charge in [-0.1, -0.05) is 19.1 Å². The molecule has 4 rings (SSSR count). The summed E-state index contributed by atoms with van der Waals surface area (Å²) in [6.45, 7) is 9.59. The van der Waals surface area contributed by atoms with Crippen LogP contribution in [0.25, 0.3) is 0 Å². The molecule has 0 fully saturated rings. The first-order valence-electron chi connectivity index (χ1n) is 11.1. The molecular weight excluding hydrogens is 418 g/mol. The van der Waals surface area contributed by atoms with Crippen molar-refractivity contribution in [2.45, 2.75) is 47.2 Å². The van der Waals surface area contributed by atoms with Crippen LogP contribution in [-0.4, -0.2) is 28.4 Å². The van der Waals surface area contributed by atoms with Gasteiger partial charge in [0.2, 0.25) is 12.8 Å². The molecule has 1 aliphatic heterocycles. The number of aliphatic imine (C=N–C) groups is 1. The predicted octanol–water partition coefficient (Wildman–Crippen LogP) is 4.35. The molecule has 8 heteroatoms. The second-order valence-electron chi connectivity index (χ2n) is 8.06. The SMILES string of the molecule is CCCn1cc(CN=C(NC(=O)c2ccc3c(c2)OCO3)Nc2cccc(C)c2C)c(C)n1. The van der Waals surface area contributed by atoms with Crippen molar-refractivity contribution in [1.29, 1.82) is 0 Å². The van der Waals surface area contributed by atoms with E-state index in [1.807, 2.05) is 49.8 Å². The number of fused-ring (bicyclic) bond motifs is 1. The fourth-order valence-corrected chi connectivity index (χ4v) is 3.56. The van der Waals surface area contributed by atoms with Gasteiger partial charge in [-0.25, -0.2) is 4.99 Å². The lowest BCUT2D eigenvalue weighted by molar-refractivity contribution is 0.0976. The molecule has 0 saturated carbocycles. The molecule has 1 aromatic heterocycles. The van der Waals surface area contributed by atoms with Gasteiger partial charge in [0.05, 0.1) is 12.2 Å². The molecule has 1 aliphatic rings. The number of hydrogen-bond donors (Lipinski definition) is 2. The molecule has 0 saturated heterocycles. The third-order valence-electron chi connectivity index (χ3n) is 5.63.